The third-order valence-electron chi connectivity index (χ3n) is 2.79. The van der Waals surface area contributed by atoms with Crippen LogP contribution < -0.4 is 11.5 Å². The van der Waals surface area contributed by atoms with E-state index in [1.165, 1.54) is 23.3 Å². The van der Waals surface area contributed by atoms with E-state index in [9.17, 15) is 0 Å². The van der Waals surface area contributed by atoms with Crippen molar-refractivity contribution >= 4 is 11.3 Å². The first-order valence-corrected chi connectivity index (χ1v) is 5.63. The van der Waals surface area contributed by atoms with Crippen molar-refractivity contribution in [1.82, 2.24) is 0 Å². The average Bonchev–Trinajstić information content (AvgIpc) is 2.87. The number of nitrogens with two attached hydrogens (primary N) is 2. The molecule has 0 bridgehead atoms. The van der Waals surface area contributed by atoms with E-state index in [2.05, 4.69) is 18.4 Å². The molecule has 72 valence electrons. The Kier molecular flexibility index (Phi) is 2.41. The number of hydrogen-bond donors (Lipinski definition) is 2. The van der Waals surface area contributed by atoms with Crippen molar-refractivity contribution in [1.29, 1.82) is 0 Å². The molecule has 1 aliphatic carbocycles. The lowest BCUT2D eigenvalue weighted by atomic mass is 10.0. The third kappa shape index (κ3) is 1.77. The quantitative estimate of drug-likeness (QED) is 0.774. The van der Waals surface area contributed by atoms with E-state index < -0.39 is 0 Å². The van der Waals surface area contributed by atoms with Gasteiger partial charge in [-0.1, -0.05) is 0 Å². The minimum absolute atomic E-state index is 0.0486. The molecule has 0 radical (unpaired) electrons. The first-order chi connectivity index (χ1) is 6.20. The predicted molar refractivity (Wildman–Crippen MR) is 56.7 cm³/mol. The fraction of sp³-hybridized carbons (Fsp3) is 0.600. The van der Waals surface area contributed by atoms with Gasteiger partial charge in [-0.3, -0.25) is 0 Å². The van der Waals surface area contributed by atoms with Crippen LogP contribution in [-0.2, 0) is 0 Å². The third-order valence-corrected chi connectivity index (χ3v) is 3.91. The SMILES string of the molecule is Cc1ccsc1C(N)C(N)C1CC1. The minimum Gasteiger partial charge on any atom is -0.326 e. The zero-order valence-electron chi connectivity index (χ0n) is 7.86. The zero-order valence-corrected chi connectivity index (χ0v) is 8.68. The van der Waals surface area contributed by atoms with Gasteiger partial charge >= 0.3 is 0 Å². The minimum atomic E-state index is 0.0486. The molecule has 1 heterocycles. The molecule has 0 amide bonds. The number of aryl methyl sites for hydroxylation is 1. The number of thiophene rings is 1. The Labute approximate surface area is 82.9 Å². The summed E-state index contributed by atoms with van der Waals surface area (Å²) in [7, 11) is 0. The van der Waals surface area contributed by atoms with Crippen LogP contribution in [0.3, 0.4) is 0 Å². The number of rotatable bonds is 3. The van der Waals surface area contributed by atoms with Crippen molar-refractivity contribution in [3.05, 3.63) is 21.9 Å². The fourth-order valence-electron chi connectivity index (χ4n) is 1.68. The molecule has 1 saturated carbocycles. The van der Waals surface area contributed by atoms with Crippen LogP contribution in [0.25, 0.3) is 0 Å². The Morgan fingerprint density at radius 3 is 2.62 bits per heavy atom. The highest BCUT2D eigenvalue weighted by Crippen LogP contribution is 2.37. The van der Waals surface area contributed by atoms with Gasteiger partial charge in [-0.05, 0) is 42.7 Å². The molecule has 2 unspecified atom stereocenters. The maximum Gasteiger partial charge on any atom is 0.0548 e. The van der Waals surface area contributed by atoms with Gasteiger partial charge in [0.05, 0.1) is 6.04 Å². The van der Waals surface area contributed by atoms with Crippen molar-refractivity contribution in [2.24, 2.45) is 17.4 Å². The Balaban J connectivity index is 2.11. The molecule has 0 saturated heterocycles. The summed E-state index contributed by atoms with van der Waals surface area (Å²) >= 11 is 1.73. The van der Waals surface area contributed by atoms with Crippen molar-refractivity contribution < 1.29 is 0 Å². The molecule has 2 nitrogen and oxygen atoms in total. The van der Waals surface area contributed by atoms with Gasteiger partial charge in [-0.25, -0.2) is 0 Å². The van der Waals surface area contributed by atoms with Gasteiger partial charge in [0.2, 0.25) is 0 Å². The molecule has 1 aromatic heterocycles. The van der Waals surface area contributed by atoms with E-state index in [-0.39, 0.29) is 12.1 Å². The Bertz CT molecular complexity index is 291. The highest BCUT2D eigenvalue weighted by Gasteiger charge is 2.33. The Morgan fingerprint density at radius 1 is 1.46 bits per heavy atom. The number of hydrogen-bond acceptors (Lipinski definition) is 3. The maximum absolute atomic E-state index is 6.11. The normalized spacial score (nSPS) is 21.5. The van der Waals surface area contributed by atoms with E-state index in [4.69, 9.17) is 11.5 Å². The summed E-state index contributed by atoms with van der Waals surface area (Å²) in [6.07, 6.45) is 2.53. The van der Waals surface area contributed by atoms with Crippen molar-refractivity contribution in [3.8, 4) is 0 Å². The largest absolute Gasteiger partial charge is 0.326 e. The van der Waals surface area contributed by atoms with Crippen LogP contribution in [0.2, 0.25) is 0 Å². The van der Waals surface area contributed by atoms with Crippen LogP contribution in [0.5, 0.6) is 0 Å². The van der Waals surface area contributed by atoms with E-state index >= 15 is 0 Å². The topological polar surface area (TPSA) is 52.0 Å². The molecule has 1 aromatic rings. The van der Waals surface area contributed by atoms with Gasteiger partial charge in [0.1, 0.15) is 0 Å². The van der Waals surface area contributed by atoms with Gasteiger partial charge in [-0.2, -0.15) is 0 Å². The lowest BCUT2D eigenvalue weighted by Gasteiger charge is -2.18. The van der Waals surface area contributed by atoms with Gasteiger partial charge in [0.15, 0.2) is 0 Å². The van der Waals surface area contributed by atoms with Gasteiger partial charge < -0.3 is 11.5 Å². The summed E-state index contributed by atoms with van der Waals surface area (Å²) in [5.41, 5.74) is 13.5. The summed E-state index contributed by atoms with van der Waals surface area (Å²) < 4.78 is 0. The molecule has 0 aromatic carbocycles. The smallest absolute Gasteiger partial charge is 0.0548 e. The summed E-state index contributed by atoms with van der Waals surface area (Å²) in [5, 5.41) is 2.09. The molecule has 0 aliphatic heterocycles. The molecular formula is C10H16N2S. The lowest BCUT2D eigenvalue weighted by Crippen LogP contribution is -2.35. The van der Waals surface area contributed by atoms with Gasteiger partial charge in [-0.15, -0.1) is 11.3 Å². The standard InChI is InChI=1S/C10H16N2S/c1-6-4-5-13-10(6)9(12)8(11)7-2-3-7/h4-5,7-9H,2-3,11-12H2,1H3. The second kappa shape index (κ2) is 3.40. The first-order valence-electron chi connectivity index (χ1n) is 4.75. The zero-order chi connectivity index (χ0) is 9.42. The monoisotopic (exact) mass is 196 g/mol. The van der Waals surface area contributed by atoms with Crippen molar-refractivity contribution in [2.75, 3.05) is 0 Å². The van der Waals surface area contributed by atoms with E-state index in [1.807, 2.05) is 0 Å². The van der Waals surface area contributed by atoms with Crippen molar-refractivity contribution in [2.45, 2.75) is 31.8 Å². The molecule has 1 fully saturated rings. The summed E-state index contributed by atoms with van der Waals surface area (Å²) in [4.78, 5) is 1.26. The lowest BCUT2D eigenvalue weighted by molar-refractivity contribution is 0.498. The van der Waals surface area contributed by atoms with Crippen LogP contribution in [0.15, 0.2) is 11.4 Å². The Hall–Kier alpha value is -0.380. The second-order valence-corrected chi connectivity index (χ2v) is 4.86. The van der Waals surface area contributed by atoms with E-state index in [0.29, 0.717) is 5.92 Å². The van der Waals surface area contributed by atoms with E-state index in [1.54, 1.807) is 11.3 Å². The summed E-state index contributed by atoms with van der Waals surface area (Å²) in [6, 6.07) is 2.32. The molecule has 2 atom stereocenters. The van der Waals surface area contributed by atoms with Crippen LogP contribution in [-0.4, -0.2) is 6.04 Å². The van der Waals surface area contributed by atoms with Crippen LogP contribution in [0.1, 0.15) is 29.3 Å². The molecule has 3 heteroatoms. The predicted octanol–water partition coefficient (Wildman–Crippen LogP) is 1.79. The second-order valence-electron chi connectivity index (χ2n) is 3.91. The van der Waals surface area contributed by atoms with Gasteiger partial charge in [0.25, 0.3) is 0 Å². The van der Waals surface area contributed by atoms with Crippen LogP contribution >= 0.6 is 11.3 Å². The molecule has 13 heavy (non-hydrogen) atoms. The summed E-state index contributed by atoms with van der Waals surface area (Å²) in [5.74, 6) is 0.677. The summed E-state index contributed by atoms with van der Waals surface area (Å²) in [6.45, 7) is 2.10. The van der Waals surface area contributed by atoms with Crippen molar-refractivity contribution in [3.63, 3.8) is 0 Å². The van der Waals surface area contributed by atoms with Crippen LogP contribution in [0, 0.1) is 12.8 Å². The first kappa shape index (κ1) is 9.19. The van der Waals surface area contributed by atoms with Gasteiger partial charge in [0, 0.05) is 10.9 Å². The molecule has 0 spiro atoms. The van der Waals surface area contributed by atoms with Crippen LogP contribution in [0.4, 0.5) is 0 Å². The molecule has 2 rings (SSSR count). The molecular weight excluding hydrogens is 180 g/mol. The average molecular weight is 196 g/mol. The van der Waals surface area contributed by atoms with E-state index in [0.717, 1.165) is 0 Å². The fourth-order valence-corrected chi connectivity index (χ4v) is 2.66. The molecule has 4 N–H and O–H groups in total. The Morgan fingerprint density at radius 2 is 2.15 bits per heavy atom. The highest BCUT2D eigenvalue weighted by molar-refractivity contribution is 7.10. The maximum atomic E-state index is 6.11. The highest BCUT2D eigenvalue weighted by atomic mass is 32.1. The molecule has 1 aliphatic rings.